The SMILES string of the molecule is Cc1ccc(NC(=O)NCCNc2cnc3nc2NCCCNS(=O)c2cccc(c2)N3)cc1. The van der Waals surface area contributed by atoms with Crippen LogP contribution in [0.2, 0.25) is 0 Å². The van der Waals surface area contributed by atoms with Crippen LogP contribution in [0, 0.1) is 6.92 Å². The van der Waals surface area contributed by atoms with Crippen molar-refractivity contribution >= 4 is 45.8 Å². The molecule has 6 N–H and O–H groups in total. The van der Waals surface area contributed by atoms with Crippen LogP contribution in [0.4, 0.5) is 33.6 Å². The summed E-state index contributed by atoms with van der Waals surface area (Å²) >= 11 is 0. The zero-order valence-electron chi connectivity index (χ0n) is 18.9. The smallest absolute Gasteiger partial charge is 0.319 e. The Morgan fingerprint density at radius 3 is 2.82 bits per heavy atom. The summed E-state index contributed by atoms with van der Waals surface area (Å²) in [5.74, 6) is 1.08. The van der Waals surface area contributed by atoms with Gasteiger partial charge < -0.3 is 26.6 Å². The molecule has 1 aliphatic heterocycles. The molecule has 1 unspecified atom stereocenters. The molecule has 11 heteroatoms. The van der Waals surface area contributed by atoms with Gasteiger partial charge in [0.25, 0.3) is 0 Å². The van der Waals surface area contributed by atoms with Crippen molar-refractivity contribution in [2.24, 2.45) is 0 Å². The zero-order chi connectivity index (χ0) is 23.8. The summed E-state index contributed by atoms with van der Waals surface area (Å²) < 4.78 is 15.4. The lowest BCUT2D eigenvalue weighted by Gasteiger charge is -2.14. The normalized spacial score (nSPS) is 15.4. The highest BCUT2D eigenvalue weighted by atomic mass is 32.2. The summed E-state index contributed by atoms with van der Waals surface area (Å²) in [7, 11) is -1.28. The summed E-state index contributed by atoms with van der Waals surface area (Å²) in [4.78, 5) is 21.8. The number of hydrogen-bond donors (Lipinski definition) is 6. The molecule has 0 spiro atoms. The number of rotatable bonds is 5. The van der Waals surface area contributed by atoms with E-state index in [1.54, 1.807) is 6.20 Å². The van der Waals surface area contributed by atoms with E-state index in [-0.39, 0.29) is 6.03 Å². The van der Waals surface area contributed by atoms with E-state index in [2.05, 4.69) is 41.3 Å². The van der Waals surface area contributed by atoms with Gasteiger partial charge in [-0.1, -0.05) is 23.8 Å². The van der Waals surface area contributed by atoms with Gasteiger partial charge in [-0.2, -0.15) is 4.98 Å². The topological polar surface area (TPSA) is 132 Å². The van der Waals surface area contributed by atoms with Crippen molar-refractivity contribution in [3.05, 3.63) is 60.3 Å². The molecule has 3 aromatic rings. The number of nitrogens with one attached hydrogen (secondary N) is 6. The molecule has 0 radical (unpaired) electrons. The number of anilines is 5. The molecule has 0 saturated heterocycles. The van der Waals surface area contributed by atoms with E-state index in [0.29, 0.717) is 42.8 Å². The van der Waals surface area contributed by atoms with Crippen LogP contribution in [0.3, 0.4) is 0 Å². The molecular weight excluding hydrogens is 452 g/mol. The lowest BCUT2D eigenvalue weighted by Crippen LogP contribution is -2.32. The monoisotopic (exact) mass is 480 g/mol. The van der Waals surface area contributed by atoms with Crippen LogP contribution in [0.15, 0.2) is 59.6 Å². The second kappa shape index (κ2) is 11.4. The number of carbonyl (C=O) groups excluding carboxylic acids is 1. The zero-order valence-corrected chi connectivity index (χ0v) is 19.7. The quantitative estimate of drug-likeness (QED) is 0.309. The molecule has 2 amide bonds. The number of carbonyl (C=O) groups is 1. The molecule has 4 bridgehead atoms. The highest BCUT2D eigenvalue weighted by Gasteiger charge is 2.11. The number of amides is 2. The number of urea groups is 1. The number of aryl methyl sites for hydroxylation is 1. The van der Waals surface area contributed by atoms with Crippen molar-refractivity contribution in [2.45, 2.75) is 18.2 Å². The molecule has 10 nitrogen and oxygen atoms in total. The number of nitrogens with zero attached hydrogens (tertiary/aromatic N) is 2. The molecule has 0 saturated carbocycles. The van der Waals surface area contributed by atoms with Crippen molar-refractivity contribution in [3.63, 3.8) is 0 Å². The average Bonchev–Trinajstić information content (AvgIpc) is 2.84. The minimum atomic E-state index is -1.28. The Labute approximate surface area is 201 Å². The van der Waals surface area contributed by atoms with E-state index in [1.807, 2.05) is 55.5 Å². The van der Waals surface area contributed by atoms with Crippen LogP contribution in [-0.4, -0.2) is 46.4 Å². The maximum absolute atomic E-state index is 12.4. The number of hydrogen-bond acceptors (Lipinski definition) is 7. The molecule has 1 aromatic heterocycles. The third-order valence-corrected chi connectivity index (χ3v) is 6.16. The average molecular weight is 481 g/mol. The molecule has 0 aliphatic carbocycles. The Morgan fingerprint density at radius 2 is 1.97 bits per heavy atom. The van der Waals surface area contributed by atoms with Crippen molar-refractivity contribution in [3.8, 4) is 0 Å². The van der Waals surface area contributed by atoms with Gasteiger partial charge >= 0.3 is 6.03 Å². The number of benzene rings is 2. The molecule has 0 fully saturated rings. The Hall–Kier alpha value is -3.70. The van der Waals surface area contributed by atoms with Gasteiger partial charge in [0.15, 0.2) is 5.82 Å². The maximum atomic E-state index is 12.4. The fourth-order valence-electron chi connectivity index (χ4n) is 3.25. The lowest BCUT2D eigenvalue weighted by molar-refractivity contribution is 0.252. The van der Waals surface area contributed by atoms with E-state index in [1.165, 1.54) is 0 Å². The van der Waals surface area contributed by atoms with E-state index in [0.717, 1.165) is 29.0 Å². The highest BCUT2D eigenvalue weighted by molar-refractivity contribution is 7.83. The molecule has 4 rings (SSSR count). The minimum Gasteiger partial charge on any atom is -0.379 e. The van der Waals surface area contributed by atoms with Crippen LogP contribution in [0.5, 0.6) is 0 Å². The summed E-state index contributed by atoms with van der Waals surface area (Å²) in [5.41, 5.74) is 3.36. The fourth-order valence-corrected chi connectivity index (χ4v) is 4.19. The van der Waals surface area contributed by atoms with E-state index >= 15 is 0 Å². The third-order valence-electron chi connectivity index (χ3n) is 5.01. The molecule has 34 heavy (non-hydrogen) atoms. The summed E-state index contributed by atoms with van der Waals surface area (Å²) in [5, 5.41) is 15.4. The Balaban J connectivity index is 1.35. The fraction of sp³-hybridized carbons (Fsp3) is 0.261. The second-order valence-corrected chi connectivity index (χ2v) is 9.02. The summed E-state index contributed by atoms with van der Waals surface area (Å²) in [6.45, 7) is 4.15. The van der Waals surface area contributed by atoms with Crippen LogP contribution >= 0.6 is 0 Å². The Bertz CT molecular complexity index is 1160. The second-order valence-electron chi connectivity index (χ2n) is 7.73. The van der Waals surface area contributed by atoms with E-state index in [9.17, 15) is 9.00 Å². The van der Waals surface area contributed by atoms with Gasteiger partial charge in [0.2, 0.25) is 5.95 Å². The molecule has 2 aromatic carbocycles. The summed E-state index contributed by atoms with van der Waals surface area (Å²) in [6, 6.07) is 14.7. The third kappa shape index (κ3) is 6.65. The van der Waals surface area contributed by atoms with Gasteiger partial charge in [-0.3, -0.25) is 0 Å². The lowest BCUT2D eigenvalue weighted by atomic mass is 10.2. The summed E-state index contributed by atoms with van der Waals surface area (Å²) in [6.07, 6.45) is 2.46. The van der Waals surface area contributed by atoms with Crippen molar-refractivity contribution in [2.75, 3.05) is 47.4 Å². The number of aromatic nitrogens is 2. The number of fused-ring (bicyclic) bond motifs is 4. The van der Waals surface area contributed by atoms with Gasteiger partial charge in [-0.05, 0) is 43.7 Å². The van der Waals surface area contributed by atoms with Crippen LogP contribution < -0.4 is 31.3 Å². The van der Waals surface area contributed by atoms with Crippen molar-refractivity contribution in [1.29, 1.82) is 0 Å². The predicted molar refractivity (Wildman–Crippen MR) is 136 cm³/mol. The molecular formula is C23H28N8O2S. The maximum Gasteiger partial charge on any atom is 0.319 e. The van der Waals surface area contributed by atoms with Crippen molar-refractivity contribution in [1.82, 2.24) is 20.0 Å². The molecule has 2 heterocycles. The first kappa shape index (κ1) is 23.5. The predicted octanol–water partition coefficient (Wildman–Crippen LogP) is 3.19. The van der Waals surface area contributed by atoms with Crippen LogP contribution in [0.25, 0.3) is 0 Å². The standard InChI is InChI=1S/C23H28N8O2S/c1-16-6-8-17(9-7-16)30-23(32)26-13-12-24-20-15-27-22-29-18-4-2-5-19(14-18)34(33)28-11-3-10-25-21(20)31-22/h2,4-9,14-15,24,28H,3,10-13H2,1H3,(H2,26,30,32)(H2,25,27,29,31). The van der Waals surface area contributed by atoms with Gasteiger partial charge in [0.05, 0.1) is 16.8 Å². The molecule has 178 valence electrons. The van der Waals surface area contributed by atoms with Gasteiger partial charge in [0.1, 0.15) is 11.0 Å². The van der Waals surface area contributed by atoms with E-state index < -0.39 is 11.0 Å². The first-order valence-corrected chi connectivity index (χ1v) is 12.2. The first-order valence-electron chi connectivity index (χ1n) is 11.1. The van der Waals surface area contributed by atoms with Crippen molar-refractivity contribution < 1.29 is 9.00 Å². The Morgan fingerprint density at radius 1 is 1.12 bits per heavy atom. The highest BCUT2D eigenvalue weighted by Crippen LogP contribution is 2.23. The minimum absolute atomic E-state index is 0.266. The first-order chi connectivity index (χ1) is 16.6. The van der Waals surface area contributed by atoms with Crippen LogP contribution in [-0.2, 0) is 11.0 Å². The largest absolute Gasteiger partial charge is 0.379 e. The van der Waals surface area contributed by atoms with Crippen LogP contribution in [0.1, 0.15) is 12.0 Å². The Kier molecular flexibility index (Phi) is 7.89. The molecule has 1 aliphatic rings. The molecule has 1 atom stereocenters. The van der Waals surface area contributed by atoms with Gasteiger partial charge in [-0.25, -0.2) is 18.7 Å². The van der Waals surface area contributed by atoms with E-state index in [4.69, 9.17) is 0 Å². The van der Waals surface area contributed by atoms with Gasteiger partial charge in [-0.15, -0.1) is 0 Å². The van der Waals surface area contributed by atoms with Gasteiger partial charge in [0, 0.05) is 37.6 Å².